The maximum Gasteiger partial charge on any atom is 0.352 e. The topological polar surface area (TPSA) is 173 Å². The molecule has 0 aliphatic carbocycles. The van der Waals surface area contributed by atoms with Crippen LogP contribution in [0.15, 0.2) is 32.4 Å². The van der Waals surface area contributed by atoms with Crippen LogP contribution in [0.1, 0.15) is 17.1 Å². The van der Waals surface area contributed by atoms with Crippen molar-refractivity contribution in [3.05, 3.63) is 39.9 Å². The van der Waals surface area contributed by atoms with Crippen LogP contribution in [0.5, 0.6) is 0 Å². The van der Waals surface area contributed by atoms with Gasteiger partial charge < -0.3 is 25.5 Å². The second-order valence-electron chi connectivity index (χ2n) is 6.92. The van der Waals surface area contributed by atoms with E-state index in [0.29, 0.717) is 22.8 Å². The maximum absolute atomic E-state index is 12.8. The van der Waals surface area contributed by atoms with Crippen molar-refractivity contribution in [2.24, 2.45) is 5.16 Å². The summed E-state index contributed by atoms with van der Waals surface area (Å²) in [5.41, 5.74) is 6.80. The van der Waals surface area contributed by atoms with E-state index < -0.39 is 29.2 Å². The molecule has 1 saturated heterocycles. The van der Waals surface area contributed by atoms with Crippen molar-refractivity contribution in [1.82, 2.24) is 20.4 Å². The predicted octanol–water partition coefficient (Wildman–Crippen LogP) is 0.354. The molecule has 0 saturated carbocycles. The lowest BCUT2D eigenvalue weighted by atomic mass is 10.0. The van der Waals surface area contributed by atoms with E-state index >= 15 is 0 Å². The van der Waals surface area contributed by atoms with Gasteiger partial charge in [-0.05, 0) is 12.5 Å². The molecule has 32 heavy (non-hydrogen) atoms. The van der Waals surface area contributed by atoms with Crippen molar-refractivity contribution in [3.63, 3.8) is 0 Å². The van der Waals surface area contributed by atoms with Crippen molar-refractivity contribution in [3.8, 4) is 0 Å². The third-order valence-corrected chi connectivity index (χ3v) is 6.78. The minimum absolute atomic E-state index is 0.101. The minimum Gasteiger partial charge on any atom is -0.477 e. The number of hydrogen-bond donors (Lipinski definition) is 3. The summed E-state index contributed by atoms with van der Waals surface area (Å²) < 4.78 is 5.18. The number of nitrogens with one attached hydrogen (secondary N) is 1. The van der Waals surface area contributed by atoms with E-state index in [1.54, 1.807) is 18.4 Å². The summed E-state index contributed by atoms with van der Waals surface area (Å²) in [5.74, 6) is -1.58. The summed E-state index contributed by atoms with van der Waals surface area (Å²) in [5, 5.41) is 21.1. The first-order valence-corrected chi connectivity index (χ1v) is 11.2. The van der Waals surface area contributed by atoms with Gasteiger partial charge in [0, 0.05) is 23.6 Å². The fourth-order valence-corrected chi connectivity index (χ4v) is 5.32. The number of aromatic nitrogens is 2. The maximum atomic E-state index is 12.8. The van der Waals surface area contributed by atoms with E-state index in [1.165, 1.54) is 23.8 Å². The van der Waals surface area contributed by atoms with E-state index in [0.717, 1.165) is 11.3 Å². The minimum atomic E-state index is -1.22. The highest BCUT2D eigenvalue weighted by atomic mass is 32.2. The molecule has 2 aromatic rings. The number of carboxylic acids is 1. The Morgan fingerprint density at radius 1 is 1.50 bits per heavy atom. The van der Waals surface area contributed by atoms with Gasteiger partial charge in [-0.15, -0.1) is 23.1 Å². The monoisotopic (exact) mass is 478 g/mol. The first kappa shape index (κ1) is 21.8. The van der Waals surface area contributed by atoms with Crippen LogP contribution in [-0.4, -0.2) is 67.9 Å². The lowest BCUT2D eigenvalue weighted by molar-refractivity contribution is -0.150. The zero-order valence-electron chi connectivity index (χ0n) is 16.9. The number of amides is 2. The Morgan fingerprint density at radius 3 is 2.88 bits per heavy atom. The first-order valence-electron chi connectivity index (χ1n) is 9.25. The fraction of sp³-hybridized carbons (Fsp3) is 0.333. The number of fused-ring (bicyclic) bond motifs is 1. The molecule has 4 N–H and O–H groups in total. The van der Waals surface area contributed by atoms with Gasteiger partial charge in [0.15, 0.2) is 10.8 Å². The van der Waals surface area contributed by atoms with Gasteiger partial charge in [-0.25, -0.2) is 9.78 Å². The number of oxime groups is 1. The van der Waals surface area contributed by atoms with Gasteiger partial charge in [0.2, 0.25) is 0 Å². The summed E-state index contributed by atoms with van der Waals surface area (Å²) in [7, 11) is 1.28. The number of nitrogen functional groups attached to an aromatic ring is 1. The van der Waals surface area contributed by atoms with Gasteiger partial charge in [0.25, 0.3) is 11.8 Å². The quantitative estimate of drug-likeness (QED) is 0.286. The molecule has 4 heterocycles. The van der Waals surface area contributed by atoms with E-state index in [1.807, 2.05) is 0 Å². The Morgan fingerprint density at radius 2 is 2.28 bits per heavy atom. The van der Waals surface area contributed by atoms with Crippen LogP contribution in [0.25, 0.3) is 0 Å². The van der Waals surface area contributed by atoms with Crippen molar-refractivity contribution < 1.29 is 28.9 Å². The molecular formula is C18H18N6O6S2. The molecule has 2 amide bonds. The Balaban J connectivity index is 1.53. The zero-order valence-corrected chi connectivity index (χ0v) is 18.5. The molecule has 2 atom stereocenters. The Bertz CT molecular complexity index is 1150. The number of aliphatic carboxylic acids is 1. The van der Waals surface area contributed by atoms with Crippen molar-refractivity contribution in [2.75, 3.05) is 18.6 Å². The van der Waals surface area contributed by atoms with E-state index in [4.69, 9.17) is 15.1 Å². The lowest BCUT2D eigenvalue weighted by Gasteiger charge is -2.49. The average Bonchev–Trinajstić information content (AvgIpc) is 3.37. The molecule has 2 aliphatic heterocycles. The standard InChI is InChI=1S/C18H18N6O6S2/c1-7-3-9(30-22-7)4-8-5-31-16-12(15(26)24(16)13(8)17(27)28)21-14(25)11(23-29-2)10-6-32-18(19)20-10/h3,6,12,16H,4-5H2,1-2H3,(H2,19,20)(H,21,25)(H,27,28)/b23-11-/t12-,16-/m1/s1. The van der Waals surface area contributed by atoms with Gasteiger partial charge in [-0.1, -0.05) is 10.3 Å². The van der Waals surface area contributed by atoms with Crippen LogP contribution >= 0.6 is 23.1 Å². The van der Waals surface area contributed by atoms with E-state index in [-0.39, 0.29) is 28.7 Å². The number of carbonyl (C=O) groups is 3. The third-order valence-electron chi connectivity index (χ3n) is 4.76. The normalized spacial score (nSPS) is 20.6. The summed E-state index contributed by atoms with van der Waals surface area (Å²) in [6.07, 6.45) is 0.221. The summed E-state index contributed by atoms with van der Waals surface area (Å²) in [6.45, 7) is 1.76. The van der Waals surface area contributed by atoms with Gasteiger partial charge in [-0.3, -0.25) is 14.5 Å². The Hall–Kier alpha value is -3.39. The highest BCUT2D eigenvalue weighted by Gasteiger charge is 2.54. The van der Waals surface area contributed by atoms with Gasteiger partial charge >= 0.3 is 5.97 Å². The molecular weight excluding hydrogens is 460 g/mol. The number of β-lactam (4-membered cyclic amide) rings is 1. The number of aryl methyl sites for hydroxylation is 1. The molecule has 14 heteroatoms. The number of carboxylic acid groups (broad SMARTS) is 1. The number of hydrogen-bond acceptors (Lipinski definition) is 11. The van der Waals surface area contributed by atoms with Crippen LogP contribution in [0.2, 0.25) is 0 Å². The number of nitrogens with two attached hydrogens (primary N) is 1. The van der Waals surface area contributed by atoms with Crippen molar-refractivity contribution >= 4 is 51.7 Å². The molecule has 168 valence electrons. The second-order valence-corrected chi connectivity index (χ2v) is 8.92. The summed E-state index contributed by atoms with van der Waals surface area (Å²) in [4.78, 5) is 47.5. The van der Waals surface area contributed by atoms with Crippen LogP contribution in [0.4, 0.5) is 5.13 Å². The number of nitrogens with zero attached hydrogens (tertiary/aromatic N) is 4. The average molecular weight is 479 g/mol. The lowest BCUT2D eigenvalue weighted by Crippen LogP contribution is -2.71. The summed E-state index contributed by atoms with van der Waals surface area (Å²) >= 11 is 2.48. The van der Waals surface area contributed by atoms with E-state index in [9.17, 15) is 19.5 Å². The number of thiazole rings is 1. The predicted molar refractivity (Wildman–Crippen MR) is 115 cm³/mol. The van der Waals surface area contributed by atoms with E-state index in [2.05, 4.69) is 20.6 Å². The van der Waals surface area contributed by atoms with Gasteiger partial charge in [0.05, 0.1) is 5.69 Å². The van der Waals surface area contributed by atoms with Gasteiger partial charge in [-0.2, -0.15) is 0 Å². The SMILES string of the molecule is CO/N=C(\C(=O)N[C@@H]1C(=O)N2C(C(=O)O)=C(Cc3cc(C)no3)CS[C@H]12)c1csc(N)n1. The van der Waals surface area contributed by atoms with Crippen molar-refractivity contribution in [1.29, 1.82) is 0 Å². The molecule has 0 radical (unpaired) electrons. The first-order chi connectivity index (χ1) is 15.3. The van der Waals surface area contributed by atoms with Crippen LogP contribution < -0.4 is 11.1 Å². The zero-order chi connectivity index (χ0) is 23.0. The van der Waals surface area contributed by atoms with Crippen LogP contribution in [-0.2, 0) is 25.6 Å². The molecule has 0 unspecified atom stereocenters. The van der Waals surface area contributed by atoms with Gasteiger partial charge in [0.1, 0.15) is 35.7 Å². The fourth-order valence-electron chi connectivity index (χ4n) is 3.43. The number of anilines is 1. The molecule has 0 aromatic carbocycles. The smallest absolute Gasteiger partial charge is 0.352 e. The number of carbonyl (C=O) groups excluding carboxylic acids is 2. The molecule has 0 bridgehead atoms. The Kier molecular flexibility index (Phi) is 5.88. The Labute approximate surface area is 189 Å². The third kappa shape index (κ3) is 3.93. The highest BCUT2D eigenvalue weighted by molar-refractivity contribution is 8.00. The highest BCUT2D eigenvalue weighted by Crippen LogP contribution is 2.41. The molecule has 4 rings (SSSR count). The number of thioether (sulfide) groups is 1. The number of rotatable bonds is 7. The molecule has 2 aromatic heterocycles. The largest absolute Gasteiger partial charge is 0.477 e. The van der Waals surface area contributed by atoms with Crippen LogP contribution in [0.3, 0.4) is 0 Å². The molecule has 1 fully saturated rings. The van der Waals surface area contributed by atoms with Crippen LogP contribution in [0, 0.1) is 6.92 Å². The molecule has 12 nitrogen and oxygen atoms in total. The van der Waals surface area contributed by atoms with Crippen molar-refractivity contribution in [2.45, 2.75) is 24.8 Å². The summed E-state index contributed by atoms with van der Waals surface area (Å²) in [6, 6.07) is 0.792. The molecule has 0 spiro atoms. The molecule has 2 aliphatic rings. The second kappa shape index (κ2) is 8.63.